The summed E-state index contributed by atoms with van der Waals surface area (Å²) in [4.78, 5) is 20.1. The Labute approximate surface area is 175 Å². The SMILES string of the molecule is CCS(=O)(=O)N1CCC(c2nc3c(nnn3Cc3cc(C)ccc3C)c(=O)[nH]2)CC1. The fourth-order valence-corrected chi connectivity index (χ4v) is 5.04. The summed E-state index contributed by atoms with van der Waals surface area (Å²) < 4.78 is 27.4. The van der Waals surface area contributed by atoms with Crippen LogP contribution in [0.3, 0.4) is 0 Å². The van der Waals surface area contributed by atoms with Gasteiger partial charge in [-0.15, -0.1) is 5.10 Å². The van der Waals surface area contributed by atoms with Gasteiger partial charge < -0.3 is 4.98 Å². The van der Waals surface area contributed by atoms with E-state index in [0.717, 1.165) is 16.7 Å². The highest BCUT2D eigenvalue weighted by atomic mass is 32.2. The number of piperidine rings is 1. The molecule has 1 saturated heterocycles. The molecule has 4 rings (SSSR count). The van der Waals surface area contributed by atoms with Crippen molar-refractivity contribution in [3.8, 4) is 0 Å². The van der Waals surface area contributed by atoms with Crippen molar-refractivity contribution in [1.82, 2.24) is 29.3 Å². The van der Waals surface area contributed by atoms with E-state index in [4.69, 9.17) is 0 Å². The van der Waals surface area contributed by atoms with Crippen LogP contribution in [0.1, 0.15) is 48.2 Å². The van der Waals surface area contributed by atoms with Gasteiger partial charge in [-0.3, -0.25) is 4.79 Å². The quantitative estimate of drug-likeness (QED) is 0.659. The topological polar surface area (TPSA) is 114 Å². The van der Waals surface area contributed by atoms with E-state index in [1.54, 1.807) is 11.6 Å². The zero-order valence-corrected chi connectivity index (χ0v) is 18.2. The summed E-state index contributed by atoms with van der Waals surface area (Å²) in [6, 6.07) is 6.22. The minimum atomic E-state index is -3.19. The molecule has 0 atom stereocenters. The van der Waals surface area contributed by atoms with Crippen LogP contribution in [0.2, 0.25) is 0 Å². The van der Waals surface area contributed by atoms with Gasteiger partial charge in [0.25, 0.3) is 5.56 Å². The number of aromatic amines is 1. The maximum atomic E-state index is 12.6. The van der Waals surface area contributed by atoms with Crippen LogP contribution in [0.15, 0.2) is 23.0 Å². The second kappa shape index (κ2) is 7.92. The Morgan fingerprint density at radius 2 is 1.93 bits per heavy atom. The maximum Gasteiger partial charge on any atom is 0.281 e. The molecule has 3 aromatic rings. The van der Waals surface area contributed by atoms with Crippen molar-refractivity contribution < 1.29 is 8.42 Å². The molecule has 1 fully saturated rings. The molecule has 30 heavy (non-hydrogen) atoms. The van der Waals surface area contributed by atoms with Crippen molar-refractivity contribution in [2.24, 2.45) is 0 Å². The maximum absolute atomic E-state index is 12.6. The number of nitrogens with one attached hydrogen (secondary N) is 1. The molecule has 3 heterocycles. The van der Waals surface area contributed by atoms with Crippen LogP contribution in [0.5, 0.6) is 0 Å². The molecule has 160 valence electrons. The molecule has 0 aliphatic carbocycles. The Morgan fingerprint density at radius 3 is 2.63 bits per heavy atom. The van der Waals surface area contributed by atoms with E-state index >= 15 is 0 Å². The van der Waals surface area contributed by atoms with Crippen molar-refractivity contribution >= 4 is 21.2 Å². The fourth-order valence-electron chi connectivity index (χ4n) is 3.91. The molecule has 2 aromatic heterocycles. The minimum absolute atomic E-state index is 0.00513. The Morgan fingerprint density at radius 1 is 1.20 bits per heavy atom. The van der Waals surface area contributed by atoms with Gasteiger partial charge in [0.05, 0.1) is 12.3 Å². The predicted octanol–water partition coefficient (Wildman–Crippen LogP) is 1.71. The highest BCUT2D eigenvalue weighted by Gasteiger charge is 2.29. The van der Waals surface area contributed by atoms with Gasteiger partial charge in [0.15, 0.2) is 11.2 Å². The average molecular weight is 431 g/mol. The number of H-pyrrole nitrogens is 1. The lowest BCUT2D eigenvalue weighted by Crippen LogP contribution is -2.39. The molecule has 0 bridgehead atoms. The lowest BCUT2D eigenvalue weighted by atomic mass is 9.97. The number of sulfonamides is 1. The van der Waals surface area contributed by atoms with Crippen molar-refractivity contribution in [1.29, 1.82) is 0 Å². The van der Waals surface area contributed by atoms with Crippen LogP contribution in [0.4, 0.5) is 0 Å². The third-order valence-corrected chi connectivity index (χ3v) is 7.70. The summed E-state index contributed by atoms with van der Waals surface area (Å²) in [5.74, 6) is 0.669. The van der Waals surface area contributed by atoms with E-state index in [2.05, 4.69) is 38.5 Å². The predicted molar refractivity (Wildman–Crippen MR) is 114 cm³/mol. The van der Waals surface area contributed by atoms with Crippen LogP contribution in [0.25, 0.3) is 11.2 Å². The van der Waals surface area contributed by atoms with Gasteiger partial charge in [-0.1, -0.05) is 29.0 Å². The Bertz CT molecular complexity index is 1240. The van der Waals surface area contributed by atoms with Crippen molar-refractivity contribution in [2.45, 2.75) is 46.1 Å². The summed E-state index contributed by atoms with van der Waals surface area (Å²) in [7, 11) is -3.19. The summed E-state index contributed by atoms with van der Waals surface area (Å²) in [6.07, 6.45) is 1.23. The number of fused-ring (bicyclic) bond motifs is 1. The zero-order chi connectivity index (χ0) is 21.5. The van der Waals surface area contributed by atoms with Crippen molar-refractivity contribution in [3.63, 3.8) is 0 Å². The van der Waals surface area contributed by atoms with E-state index in [0.29, 0.717) is 43.9 Å². The van der Waals surface area contributed by atoms with Gasteiger partial charge in [-0.2, -0.15) is 0 Å². The molecule has 0 unspecified atom stereocenters. The van der Waals surface area contributed by atoms with Gasteiger partial charge in [0.1, 0.15) is 5.82 Å². The smallest absolute Gasteiger partial charge is 0.281 e. The first kappa shape index (κ1) is 20.7. The van der Waals surface area contributed by atoms with E-state index in [9.17, 15) is 13.2 Å². The molecular weight excluding hydrogens is 404 g/mol. The van der Waals surface area contributed by atoms with Crippen LogP contribution < -0.4 is 5.56 Å². The molecule has 0 saturated carbocycles. The van der Waals surface area contributed by atoms with E-state index in [1.165, 1.54) is 4.31 Å². The molecule has 1 aromatic carbocycles. The summed E-state index contributed by atoms with van der Waals surface area (Å²) >= 11 is 0. The van der Waals surface area contributed by atoms with E-state index in [-0.39, 0.29) is 22.7 Å². The van der Waals surface area contributed by atoms with E-state index in [1.807, 2.05) is 13.8 Å². The van der Waals surface area contributed by atoms with E-state index < -0.39 is 10.0 Å². The molecule has 0 spiro atoms. The molecular formula is C20H26N6O3S. The normalized spacial score (nSPS) is 16.4. The van der Waals surface area contributed by atoms with Crippen LogP contribution >= 0.6 is 0 Å². The van der Waals surface area contributed by atoms with Gasteiger partial charge in [0.2, 0.25) is 10.0 Å². The number of nitrogens with zero attached hydrogens (tertiary/aromatic N) is 5. The second-order valence-corrected chi connectivity index (χ2v) is 10.1. The molecule has 1 aliphatic rings. The lowest BCUT2D eigenvalue weighted by Gasteiger charge is -2.30. The van der Waals surface area contributed by atoms with Crippen LogP contribution in [-0.2, 0) is 16.6 Å². The number of hydrogen-bond donors (Lipinski definition) is 1. The Kier molecular flexibility index (Phi) is 5.46. The third-order valence-electron chi connectivity index (χ3n) is 5.82. The Balaban J connectivity index is 1.63. The standard InChI is InChI=1S/C20H26N6O3S/c1-4-30(28,29)25-9-7-15(8-10-25)18-21-19-17(20(27)22-18)23-24-26(19)12-16-11-13(2)5-6-14(16)3/h5-6,11,15H,4,7-10,12H2,1-3H3,(H,21,22,27). The monoisotopic (exact) mass is 430 g/mol. The minimum Gasteiger partial charge on any atom is -0.308 e. The van der Waals surface area contributed by atoms with Crippen LogP contribution in [0, 0.1) is 13.8 Å². The van der Waals surface area contributed by atoms with Gasteiger partial charge >= 0.3 is 0 Å². The molecule has 0 amide bonds. The first-order valence-corrected chi connectivity index (χ1v) is 11.8. The largest absolute Gasteiger partial charge is 0.308 e. The number of hydrogen-bond acceptors (Lipinski definition) is 6. The number of benzene rings is 1. The Hall–Kier alpha value is -2.59. The third kappa shape index (κ3) is 3.89. The zero-order valence-electron chi connectivity index (χ0n) is 17.4. The van der Waals surface area contributed by atoms with Crippen molar-refractivity contribution in [2.75, 3.05) is 18.8 Å². The second-order valence-electron chi connectivity index (χ2n) is 7.87. The highest BCUT2D eigenvalue weighted by molar-refractivity contribution is 7.89. The summed E-state index contributed by atoms with van der Waals surface area (Å²) in [6.45, 7) is 7.07. The molecule has 0 radical (unpaired) electrons. The lowest BCUT2D eigenvalue weighted by molar-refractivity contribution is 0.314. The van der Waals surface area contributed by atoms with Crippen LogP contribution in [-0.4, -0.2) is 56.5 Å². The molecule has 1 N–H and O–H groups in total. The molecule has 10 heteroatoms. The van der Waals surface area contributed by atoms with Gasteiger partial charge in [-0.05, 0) is 44.7 Å². The molecule has 9 nitrogen and oxygen atoms in total. The first-order valence-electron chi connectivity index (χ1n) is 10.2. The molecule has 1 aliphatic heterocycles. The fraction of sp³-hybridized carbons (Fsp3) is 0.500. The highest BCUT2D eigenvalue weighted by Crippen LogP contribution is 2.27. The van der Waals surface area contributed by atoms with Crippen molar-refractivity contribution in [3.05, 3.63) is 51.1 Å². The summed E-state index contributed by atoms with van der Waals surface area (Å²) in [5.41, 5.74) is 3.75. The average Bonchev–Trinajstić information content (AvgIpc) is 3.14. The number of rotatable bonds is 5. The summed E-state index contributed by atoms with van der Waals surface area (Å²) in [5, 5.41) is 8.19. The van der Waals surface area contributed by atoms with Gasteiger partial charge in [-0.25, -0.2) is 22.4 Å². The number of aryl methyl sites for hydroxylation is 2. The number of aromatic nitrogens is 5. The van der Waals surface area contributed by atoms with Gasteiger partial charge in [0, 0.05) is 19.0 Å². The first-order chi connectivity index (χ1) is 14.3.